The molecule has 2 N–H and O–H groups in total. The fourth-order valence-corrected chi connectivity index (χ4v) is 5.70. The Balaban J connectivity index is 1.33. The van der Waals surface area contributed by atoms with Gasteiger partial charge in [-0.2, -0.15) is 0 Å². The Morgan fingerprint density at radius 2 is 1.94 bits per heavy atom. The molecule has 4 nitrogen and oxygen atoms in total. The second kappa shape index (κ2) is 8.86. The summed E-state index contributed by atoms with van der Waals surface area (Å²) < 4.78 is 11.5. The number of fused-ring (bicyclic) bond motifs is 3. The average Bonchev–Trinajstić information content (AvgIpc) is 3.30. The normalized spacial score (nSPS) is 24.9. The number of nitrogens with one attached hydrogen (secondary N) is 1. The van der Waals surface area contributed by atoms with Crippen LogP contribution in [0.25, 0.3) is 0 Å². The second-order valence-corrected chi connectivity index (χ2v) is 9.30. The Hall–Kier alpha value is -2.62. The molecule has 0 saturated heterocycles. The highest BCUT2D eigenvalue weighted by Crippen LogP contribution is 2.51. The van der Waals surface area contributed by atoms with Crippen molar-refractivity contribution in [3.63, 3.8) is 0 Å². The summed E-state index contributed by atoms with van der Waals surface area (Å²) in [6.45, 7) is 0.816. The van der Waals surface area contributed by atoms with Crippen LogP contribution in [-0.4, -0.2) is 18.8 Å². The van der Waals surface area contributed by atoms with Crippen molar-refractivity contribution in [3.8, 4) is 17.2 Å². The molecule has 0 radical (unpaired) electrons. The standard InChI is InChI=1S/C27H33NO3/c1-30-26-16-19(10-13-25(26)29)27-22-9-5-8-21(22)23-17-20(11-12-24(23)28-27)31-15-14-18-6-3-2-4-7-18/h5,8,10-13,16-18,21-22,27-29H,2-4,6-7,9,14-15H2,1H3. The first-order chi connectivity index (χ1) is 15.2. The SMILES string of the molecule is COc1cc(C2Nc3ccc(OCCC4CCCCC4)cc3C3C=CCC32)ccc1O. The number of phenols is 1. The summed E-state index contributed by atoms with van der Waals surface area (Å²) >= 11 is 0. The zero-order chi connectivity index (χ0) is 21.2. The molecular formula is C27H33NO3. The van der Waals surface area contributed by atoms with Gasteiger partial charge in [-0.25, -0.2) is 0 Å². The third-order valence-corrected chi connectivity index (χ3v) is 7.42. The molecule has 2 aliphatic carbocycles. The maximum Gasteiger partial charge on any atom is 0.160 e. The van der Waals surface area contributed by atoms with Gasteiger partial charge in [0.15, 0.2) is 11.5 Å². The number of phenolic OH excluding ortho intramolecular Hbond substituents is 1. The molecule has 4 heteroatoms. The van der Waals surface area contributed by atoms with Crippen molar-refractivity contribution in [2.75, 3.05) is 19.0 Å². The molecule has 164 valence electrons. The summed E-state index contributed by atoms with van der Waals surface area (Å²) in [6, 6.07) is 12.4. The van der Waals surface area contributed by atoms with Crippen molar-refractivity contribution in [1.29, 1.82) is 0 Å². The van der Waals surface area contributed by atoms with Crippen molar-refractivity contribution in [2.24, 2.45) is 11.8 Å². The first-order valence-electron chi connectivity index (χ1n) is 11.8. The van der Waals surface area contributed by atoms with Crippen molar-refractivity contribution in [3.05, 3.63) is 59.7 Å². The van der Waals surface area contributed by atoms with Gasteiger partial charge in [-0.05, 0) is 66.1 Å². The van der Waals surface area contributed by atoms with Gasteiger partial charge in [0, 0.05) is 11.6 Å². The lowest BCUT2D eigenvalue weighted by Crippen LogP contribution is -2.29. The van der Waals surface area contributed by atoms with Crippen LogP contribution < -0.4 is 14.8 Å². The Labute approximate surface area is 185 Å². The number of aromatic hydroxyl groups is 1. The fraction of sp³-hybridized carbons (Fsp3) is 0.481. The van der Waals surface area contributed by atoms with Crippen molar-refractivity contribution in [1.82, 2.24) is 0 Å². The highest BCUT2D eigenvalue weighted by molar-refractivity contribution is 5.62. The number of anilines is 1. The number of ether oxygens (including phenoxy) is 2. The minimum Gasteiger partial charge on any atom is -0.504 e. The van der Waals surface area contributed by atoms with Gasteiger partial charge in [0.2, 0.25) is 0 Å². The zero-order valence-electron chi connectivity index (χ0n) is 18.3. The summed E-state index contributed by atoms with van der Waals surface area (Å²) in [5.74, 6) is 3.36. The summed E-state index contributed by atoms with van der Waals surface area (Å²) in [4.78, 5) is 0. The lowest BCUT2D eigenvalue weighted by molar-refractivity contribution is 0.246. The Kier molecular flexibility index (Phi) is 5.80. The first kappa shape index (κ1) is 20.3. The summed E-state index contributed by atoms with van der Waals surface area (Å²) in [5.41, 5.74) is 3.65. The van der Waals surface area contributed by atoms with E-state index in [4.69, 9.17) is 9.47 Å². The molecule has 3 unspecified atom stereocenters. The second-order valence-electron chi connectivity index (χ2n) is 9.30. The van der Waals surface area contributed by atoms with Crippen LogP contribution in [0.4, 0.5) is 5.69 Å². The summed E-state index contributed by atoms with van der Waals surface area (Å²) in [6.07, 6.45) is 13.8. The predicted molar refractivity (Wildman–Crippen MR) is 124 cm³/mol. The van der Waals surface area contributed by atoms with E-state index in [1.807, 2.05) is 12.1 Å². The summed E-state index contributed by atoms with van der Waals surface area (Å²) in [7, 11) is 1.60. The van der Waals surface area contributed by atoms with Crippen LogP contribution >= 0.6 is 0 Å². The molecule has 2 aromatic carbocycles. The minimum absolute atomic E-state index is 0.179. The molecule has 3 aliphatic rings. The van der Waals surface area contributed by atoms with Gasteiger partial charge in [0.25, 0.3) is 0 Å². The van der Waals surface area contributed by atoms with Crippen molar-refractivity contribution in [2.45, 2.75) is 56.9 Å². The molecule has 1 heterocycles. The minimum atomic E-state index is 0.179. The molecular weight excluding hydrogens is 386 g/mol. The van der Waals surface area contributed by atoms with Crippen molar-refractivity contribution < 1.29 is 14.6 Å². The van der Waals surface area contributed by atoms with Crippen LogP contribution in [0.2, 0.25) is 0 Å². The molecule has 1 fully saturated rings. The molecule has 5 rings (SSSR count). The van der Waals surface area contributed by atoms with Crippen LogP contribution in [0, 0.1) is 11.8 Å². The molecule has 1 aliphatic heterocycles. The number of hydrogen-bond donors (Lipinski definition) is 2. The topological polar surface area (TPSA) is 50.7 Å². The van der Waals surface area contributed by atoms with Gasteiger partial charge in [-0.15, -0.1) is 0 Å². The van der Waals surface area contributed by atoms with Crippen molar-refractivity contribution >= 4 is 5.69 Å². The van der Waals surface area contributed by atoms with Gasteiger partial charge in [-0.1, -0.05) is 50.3 Å². The largest absolute Gasteiger partial charge is 0.504 e. The van der Waals surface area contributed by atoms with Gasteiger partial charge >= 0.3 is 0 Å². The van der Waals surface area contributed by atoms with E-state index in [0.717, 1.165) is 30.3 Å². The molecule has 0 spiro atoms. The number of benzene rings is 2. The van der Waals surface area contributed by atoms with E-state index in [2.05, 4.69) is 35.7 Å². The number of allylic oxidation sites excluding steroid dienone is 2. The van der Waals surface area contributed by atoms with Crippen LogP contribution in [0.5, 0.6) is 17.2 Å². The van der Waals surface area contributed by atoms with E-state index in [9.17, 15) is 5.11 Å². The van der Waals surface area contributed by atoms with E-state index in [1.54, 1.807) is 13.2 Å². The van der Waals surface area contributed by atoms with Crippen LogP contribution in [0.15, 0.2) is 48.6 Å². The Bertz CT molecular complexity index is 947. The van der Waals surface area contributed by atoms with E-state index < -0.39 is 0 Å². The summed E-state index contributed by atoms with van der Waals surface area (Å²) in [5, 5.41) is 13.7. The van der Waals surface area contributed by atoms with E-state index in [-0.39, 0.29) is 11.8 Å². The molecule has 0 bridgehead atoms. The average molecular weight is 420 g/mol. The smallest absolute Gasteiger partial charge is 0.160 e. The molecule has 31 heavy (non-hydrogen) atoms. The van der Waals surface area contributed by atoms with Crippen LogP contribution in [-0.2, 0) is 0 Å². The molecule has 3 atom stereocenters. The van der Waals surface area contributed by atoms with Gasteiger partial charge in [0.1, 0.15) is 5.75 Å². The van der Waals surface area contributed by atoms with E-state index >= 15 is 0 Å². The molecule has 1 saturated carbocycles. The van der Waals surface area contributed by atoms with E-state index in [1.165, 1.54) is 49.8 Å². The zero-order valence-corrected chi connectivity index (χ0v) is 18.3. The number of methoxy groups -OCH3 is 1. The quantitative estimate of drug-likeness (QED) is 0.520. The number of hydrogen-bond acceptors (Lipinski definition) is 4. The third kappa shape index (κ3) is 4.13. The van der Waals surface area contributed by atoms with Crippen LogP contribution in [0.1, 0.15) is 68.0 Å². The Morgan fingerprint density at radius 3 is 2.77 bits per heavy atom. The highest BCUT2D eigenvalue weighted by Gasteiger charge is 2.38. The van der Waals surface area contributed by atoms with Gasteiger partial charge in [0.05, 0.1) is 19.8 Å². The first-order valence-corrected chi connectivity index (χ1v) is 11.8. The lowest BCUT2D eigenvalue weighted by atomic mass is 9.77. The predicted octanol–water partition coefficient (Wildman–Crippen LogP) is 6.58. The fourth-order valence-electron chi connectivity index (χ4n) is 5.70. The monoisotopic (exact) mass is 419 g/mol. The van der Waals surface area contributed by atoms with Crippen LogP contribution in [0.3, 0.4) is 0 Å². The maximum absolute atomic E-state index is 9.99. The molecule has 0 amide bonds. The Morgan fingerprint density at radius 1 is 1.06 bits per heavy atom. The van der Waals surface area contributed by atoms with Gasteiger partial charge < -0.3 is 19.9 Å². The molecule has 2 aromatic rings. The van der Waals surface area contributed by atoms with Gasteiger partial charge in [-0.3, -0.25) is 0 Å². The molecule has 0 aromatic heterocycles. The highest BCUT2D eigenvalue weighted by atomic mass is 16.5. The van der Waals surface area contributed by atoms with E-state index in [0.29, 0.717) is 17.6 Å². The number of rotatable bonds is 6. The lowest BCUT2D eigenvalue weighted by Gasteiger charge is -2.37. The third-order valence-electron chi connectivity index (χ3n) is 7.42. The maximum atomic E-state index is 9.99.